The molecule has 0 saturated carbocycles. The minimum Gasteiger partial charge on any atom is -0.459 e. The number of fused-ring (bicyclic) bond motifs is 1. The second kappa shape index (κ2) is 12.1. The SMILES string of the molecule is O=C(C1=C[C@@H](c2ccc3c(c2)OCO3)C[C@@H](OCc2ccc(CO)cc2)O1)N1CCN(Cc2ccccc2)CC1. The van der Waals surface area contributed by atoms with Crippen LogP contribution in [0.1, 0.15) is 34.6 Å². The number of nitrogens with zero attached hydrogens (tertiary/aromatic N) is 2. The van der Waals surface area contributed by atoms with Gasteiger partial charge in [-0.2, -0.15) is 0 Å². The topological polar surface area (TPSA) is 80.7 Å². The largest absolute Gasteiger partial charge is 0.459 e. The molecule has 8 heteroatoms. The lowest BCUT2D eigenvalue weighted by Crippen LogP contribution is -2.49. The number of carbonyl (C=O) groups is 1. The van der Waals surface area contributed by atoms with Gasteiger partial charge in [0, 0.05) is 45.1 Å². The van der Waals surface area contributed by atoms with Crippen LogP contribution in [0, 0.1) is 0 Å². The highest BCUT2D eigenvalue weighted by molar-refractivity contribution is 5.92. The molecule has 6 rings (SSSR count). The highest BCUT2D eigenvalue weighted by atomic mass is 16.7. The molecule has 2 atom stereocenters. The van der Waals surface area contributed by atoms with Gasteiger partial charge >= 0.3 is 0 Å². The number of benzene rings is 3. The van der Waals surface area contributed by atoms with Gasteiger partial charge in [0.15, 0.2) is 17.3 Å². The second-order valence-electron chi connectivity index (χ2n) is 10.4. The van der Waals surface area contributed by atoms with Crippen LogP contribution in [-0.2, 0) is 34.0 Å². The Labute approximate surface area is 234 Å². The maximum Gasteiger partial charge on any atom is 0.288 e. The van der Waals surface area contributed by atoms with Crippen molar-refractivity contribution < 1.29 is 28.8 Å². The molecule has 3 aliphatic rings. The molecule has 0 bridgehead atoms. The normalized spacial score (nSPS) is 20.6. The molecule has 1 N–H and O–H groups in total. The standard InChI is InChI=1S/C32H34N2O6/c35-20-24-6-8-25(9-7-24)21-37-31-18-27(26-10-11-28-29(16-26)39-22-38-28)17-30(40-31)32(36)34-14-12-33(13-15-34)19-23-4-2-1-3-5-23/h1-11,16-17,27,31,35H,12-15,18-22H2/t27-,31+/m1/s1. The van der Waals surface area contributed by atoms with Gasteiger partial charge in [0.1, 0.15) is 0 Å². The van der Waals surface area contributed by atoms with Crippen molar-refractivity contribution in [2.45, 2.75) is 38.4 Å². The van der Waals surface area contributed by atoms with Crippen molar-refractivity contribution in [1.29, 1.82) is 0 Å². The summed E-state index contributed by atoms with van der Waals surface area (Å²) >= 11 is 0. The van der Waals surface area contributed by atoms with Gasteiger partial charge in [0.25, 0.3) is 5.91 Å². The Morgan fingerprint density at radius 1 is 0.875 bits per heavy atom. The quantitative estimate of drug-likeness (QED) is 0.457. The van der Waals surface area contributed by atoms with E-state index in [0.29, 0.717) is 37.6 Å². The predicted molar refractivity (Wildman–Crippen MR) is 148 cm³/mol. The third-order valence-electron chi connectivity index (χ3n) is 7.64. The molecule has 0 spiro atoms. The van der Waals surface area contributed by atoms with Crippen molar-refractivity contribution in [3.63, 3.8) is 0 Å². The van der Waals surface area contributed by atoms with E-state index in [0.717, 1.165) is 42.1 Å². The second-order valence-corrected chi connectivity index (χ2v) is 10.4. The number of piperazine rings is 1. The number of aliphatic hydroxyl groups is 1. The zero-order valence-electron chi connectivity index (χ0n) is 22.4. The average molecular weight is 543 g/mol. The summed E-state index contributed by atoms with van der Waals surface area (Å²) in [6.45, 7) is 4.33. The van der Waals surface area contributed by atoms with Gasteiger partial charge in [-0.1, -0.05) is 60.7 Å². The zero-order valence-corrected chi connectivity index (χ0v) is 22.4. The van der Waals surface area contributed by atoms with E-state index in [1.807, 2.05) is 59.5 Å². The molecule has 0 aliphatic carbocycles. The van der Waals surface area contributed by atoms with Crippen LogP contribution in [0.4, 0.5) is 0 Å². The molecule has 208 valence electrons. The monoisotopic (exact) mass is 542 g/mol. The molecule has 40 heavy (non-hydrogen) atoms. The van der Waals surface area contributed by atoms with Gasteiger partial charge in [-0.05, 0) is 40.5 Å². The maximum atomic E-state index is 13.7. The van der Waals surface area contributed by atoms with Crippen molar-refractivity contribution in [2.75, 3.05) is 33.0 Å². The van der Waals surface area contributed by atoms with Crippen LogP contribution in [0.5, 0.6) is 11.5 Å². The molecule has 0 aromatic heterocycles. The summed E-state index contributed by atoms with van der Waals surface area (Å²) in [5.41, 5.74) is 4.11. The summed E-state index contributed by atoms with van der Waals surface area (Å²) in [6.07, 6.45) is 1.90. The number of ether oxygens (including phenoxy) is 4. The van der Waals surface area contributed by atoms with E-state index in [4.69, 9.17) is 18.9 Å². The summed E-state index contributed by atoms with van der Waals surface area (Å²) < 4.78 is 23.4. The van der Waals surface area contributed by atoms with Crippen LogP contribution < -0.4 is 9.47 Å². The number of rotatable bonds is 8. The van der Waals surface area contributed by atoms with E-state index >= 15 is 0 Å². The number of aliphatic hydroxyl groups excluding tert-OH is 1. The van der Waals surface area contributed by atoms with Gasteiger partial charge in [0.05, 0.1) is 13.2 Å². The fourth-order valence-electron chi connectivity index (χ4n) is 5.32. The number of allylic oxidation sites excluding steroid dienone is 1. The van der Waals surface area contributed by atoms with Gasteiger partial charge in [-0.3, -0.25) is 9.69 Å². The smallest absolute Gasteiger partial charge is 0.288 e. The molecule has 0 radical (unpaired) electrons. The van der Waals surface area contributed by atoms with E-state index in [1.54, 1.807) is 0 Å². The van der Waals surface area contributed by atoms with E-state index in [1.165, 1.54) is 5.56 Å². The van der Waals surface area contributed by atoms with Crippen LogP contribution in [0.2, 0.25) is 0 Å². The first-order chi connectivity index (χ1) is 19.6. The molecule has 3 aromatic rings. The Balaban J connectivity index is 1.15. The highest BCUT2D eigenvalue weighted by Crippen LogP contribution is 2.39. The third kappa shape index (κ3) is 6.14. The van der Waals surface area contributed by atoms with Crippen LogP contribution in [0.3, 0.4) is 0 Å². The lowest BCUT2D eigenvalue weighted by atomic mass is 9.92. The van der Waals surface area contributed by atoms with Gasteiger partial charge in [0.2, 0.25) is 13.1 Å². The molecule has 8 nitrogen and oxygen atoms in total. The van der Waals surface area contributed by atoms with Crippen molar-refractivity contribution in [3.8, 4) is 11.5 Å². The van der Waals surface area contributed by atoms with Gasteiger partial charge in [-0.25, -0.2) is 0 Å². The molecular weight excluding hydrogens is 508 g/mol. The van der Waals surface area contributed by atoms with Crippen molar-refractivity contribution in [3.05, 3.63) is 107 Å². The summed E-state index contributed by atoms with van der Waals surface area (Å²) in [5.74, 6) is 1.57. The Kier molecular flexibility index (Phi) is 7.99. The number of amides is 1. The van der Waals surface area contributed by atoms with E-state index in [9.17, 15) is 9.90 Å². The minimum absolute atomic E-state index is 0.000860. The first-order valence-electron chi connectivity index (χ1n) is 13.8. The molecular formula is C32H34N2O6. The van der Waals surface area contributed by atoms with E-state index in [2.05, 4.69) is 29.2 Å². The number of hydrogen-bond donors (Lipinski definition) is 1. The van der Waals surface area contributed by atoms with Crippen LogP contribution in [0.25, 0.3) is 0 Å². The minimum atomic E-state index is -0.587. The van der Waals surface area contributed by atoms with Crippen LogP contribution in [0.15, 0.2) is 84.6 Å². The Morgan fingerprint density at radius 3 is 2.40 bits per heavy atom. The molecule has 1 fully saturated rings. The number of hydrogen-bond acceptors (Lipinski definition) is 7. The van der Waals surface area contributed by atoms with Gasteiger partial charge in [-0.15, -0.1) is 0 Å². The lowest BCUT2D eigenvalue weighted by Gasteiger charge is -2.36. The van der Waals surface area contributed by atoms with E-state index in [-0.39, 0.29) is 25.2 Å². The summed E-state index contributed by atoms with van der Waals surface area (Å²) in [6, 6.07) is 23.9. The fourth-order valence-corrected chi connectivity index (χ4v) is 5.32. The Bertz CT molecular complexity index is 1340. The van der Waals surface area contributed by atoms with Crippen molar-refractivity contribution in [1.82, 2.24) is 9.80 Å². The average Bonchev–Trinajstić information content (AvgIpc) is 3.49. The molecule has 0 unspecified atom stereocenters. The first-order valence-corrected chi connectivity index (χ1v) is 13.8. The summed E-state index contributed by atoms with van der Waals surface area (Å²) in [7, 11) is 0. The van der Waals surface area contributed by atoms with Crippen molar-refractivity contribution in [2.24, 2.45) is 0 Å². The van der Waals surface area contributed by atoms with Gasteiger partial charge < -0.3 is 29.0 Å². The highest BCUT2D eigenvalue weighted by Gasteiger charge is 2.33. The van der Waals surface area contributed by atoms with Crippen LogP contribution in [-0.4, -0.2) is 60.1 Å². The van der Waals surface area contributed by atoms with Crippen molar-refractivity contribution >= 4 is 5.91 Å². The van der Waals surface area contributed by atoms with Crippen LogP contribution >= 0.6 is 0 Å². The first kappa shape index (κ1) is 26.4. The molecule has 1 amide bonds. The molecule has 3 aliphatic heterocycles. The molecule has 1 saturated heterocycles. The number of carbonyl (C=O) groups excluding carboxylic acids is 1. The lowest BCUT2D eigenvalue weighted by molar-refractivity contribution is -0.157. The maximum absolute atomic E-state index is 13.7. The zero-order chi connectivity index (χ0) is 27.3. The summed E-state index contributed by atoms with van der Waals surface area (Å²) in [4.78, 5) is 17.9. The molecule has 3 heterocycles. The predicted octanol–water partition coefficient (Wildman–Crippen LogP) is 4.18. The van der Waals surface area contributed by atoms with E-state index < -0.39 is 6.29 Å². The fraction of sp³-hybridized carbons (Fsp3) is 0.344. The third-order valence-corrected chi connectivity index (χ3v) is 7.64. The Morgan fingerprint density at radius 2 is 1.62 bits per heavy atom. The molecule has 3 aromatic carbocycles. The summed E-state index contributed by atoms with van der Waals surface area (Å²) in [5, 5.41) is 9.31. The Hall–Kier alpha value is -3.85.